The zero-order chi connectivity index (χ0) is 21.3. The fraction of sp³-hybridized carbons (Fsp3) is 0.625. The largest absolute Gasteiger partial charge is 0.299 e. The maximum Gasteiger partial charge on any atom is 0.192 e. The van der Waals surface area contributed by atoms with Crippen LogP contribution in [0, 0.1) is 34.5 Å². The molecule has 0 aromatic heterocycles. The van der Waals surface area contributed by atoms with Crippen LogP contribution < -0.4 is 0 Å². The number of Topliss-reactive ketones (excluding diaryl/α,β-unsaturated/α-hetero) is 1. The Morgan fingerprint density at radius 2 is 1.93 bits per heavy atom. The van der Waals surface area contributed by atoms with Crippen molar-refractivity contribution in [2.45, 2.75) is 60.3 Å². The Bertz CT molecular complexity index is 913. The van der Waals surface area contributed by atoms with Gasteiger partial charge in [0.15, 0.2) is 10.9 Å². The first-order valence-corrected chi connectivity index (χ1v) is 11.4. The molecule has 0 aliphatic heterocycles. The first-order valence-electron chi connectivity index (χ1n) is 10.6. The molecule has 0 unspecified atom stereocenters. The van der Waals surface area contributed by atoms with Gasteiger partial charge in [-0.1, -0.05) is 26.3 Å². The lowest BCUT2D eigenvalue weighted by Crippen LogP contribution is -2.54. The van der Waals surface area contributed by atoms with Crippen LogP contribution in [0.2, 0.25) is 0 Å². The van der Waals surface area contributed by atoms with Gasteiger partial charge in [0.1, 0.15) is 5.78 Å². The Kier molecular flexibility index (Phi) is 4.84. The summed E-state index contributed by atoms with van der Waals surface area (Å²) in [5.74, 6) is 0.723. The highest BCUT2D eigenvalue weighted by Gasteiger charge is 2.63. The van der Waals surface area contributed by atoms with Gasteiger partial charge in [-0.05, 0) is 78.8 Å². The molecular formula is C24H29FO3S. The van der Waals surface area contributed by atoms with Crippen LogP contribution in [0.25, 0.3) is 0 Å². The second-order valence-corrected chi connectivity index (χ2v) is 10.9. The average Bonchev–Trinajstić information content (AvgIpc) is 2.95. The van der Waals surface area contributed by atoms with Gasteiger partial charge in [-0.3, -0.25) is 14.4 Å². The first kappa shape index (κ1) is 20.8. The number of hydrogen-bond donors (Lipinski definition) is 0. The molecule has 3 fully saturated rings. The van der Waals surface area contributed by atoms with E-state index in [1.807, 2.05) is 13.8 Å². The number of thioether (sulfide) groups is 1. The molecule has 0 saturated heterocycles. The van der Waals surface area contributed by atoms with Crippen molar-refractivity contribution in [2.24, 2.45) is 34.5 Å². The van der Waals surface area contributed by atoms with E-state index in [9.17, 15) is 18.8 Å². The summed E-state index contributed by atoms with van der Waals surface area (Å²) in [5.41, 5.74) is 1.40. The molecule has 0 spiro atoms. The predicted octanol–water partition coefficient (Wildman–Crippen LogP) is 5.57. The van der Waals surface area contributed by atoms with Gasteiger partial charge in [0.05, 0.1) is 11.2 Å². The van der Waals surface area contributed by atoms with Crippen LogP contribution in [-0.2, 0) is 14.4 Å². The van der Waals surface area contributed by atoms with E-state index in [1.54, 1.807) is 6.08 Å². The molecule has 156 valence electrons. The van der Waals surface area contributed by atoms with Gasteiger partial charge >= 0.3 is 0 Å². The normalized spacial score (nSPS) is 43.1. The summed E-state index contributed by atoms with van der Waals surface area (Å²) in [5, 5.41) is -0.165. The van der Waals surface area contributed by atoms with Crippen LogP contribution in [0.1, 0.15) is 60.3 Å². The minimum absolute atomic E-state index is 0.0927. The van der Waals surface area contributed by atoms with E-state index in [1.165, 1.54) is 6.92 Å². The van der Waals surface area contributed by atoms with Crippen molar-refractivity contribution in [2.75, 3.05) is 0 Å². The van der Waals surface area contributed by atoms with Crippen LogP contribution in [-0.4, -0.2) is 16.7 Å². The van der Waals surface area contributed by atoms with E-state index in [0.717, 1.165) is 36.6 Å². The van der Waals surface area contributed by atoms with Gasteiger partial charge in [-0.15, -0.1) is 0 Å². The topological polar surface area (TPSA) is 51.2 Å². The predicted molar refractivity (Wildman–Crippen MR) is 113 cm³/mol. The second kappa shape index (κ2) is 6.76. The monoisotopic (exact) mass is 416 g/mol. The molecule has 4 aliphatic carbocycles. The molecule has 5 heteroatoms. The fourth-order valence-corrected chi connectivity index (χ4v) is 7.93. The molecule has 0 radical (unpaired) electrons. The summed E-state index contributed by atoms with van der Waals surface area (Å²) in [4.78, 5) is 37.8. The van der Waals surface area contributed by atoms with Crippen LogP contribution in [0.3, 0.4) is 0 Å². The fourth-order valence-electron chi connectivity index (χ4n) is 7.05. The van der Waals surface area contributed by atoms with Gasteiger partial charge < -0.3 is 0 Å². The summed E-state index contributed by atoms with van der Waals surface area (Å²) >= 11 is 0.934. The highest BCUT2D eigenvalue weighted by atomic mass is 32.2. The van der Waals surface area contributed by atoms with E-state index in [-0.39, 0.29) is 40.0 Å². The van der Waals surface area contributed by atoms with Gasteiger partial charge in [-0.25, -0.2) is 4.39 Å². The number of fused-ring (bicyclic) bond motifs is 5. The number of halogens is 1. The van der Waals surface area contributed by atoms with Crippen molar-refractivity contribution in [3.63, 3.8) is 0 Å². The maximum atomic E-state index is 14.4. The molecule has 0 N–H and O–H groups in total. The standard InChI is InChI=1S/C24H29FO3S/c1-12-10-18(27)22(29-14(3)26)21-15(11-25)13(2)20-16-6-7-19(28)23(16,4)9-8-17(20)24(12,21)5/h10-11,13,16-17,20H,6-9H2,1-5H3/t13-,16+,17+,20+,23+,24-/m1/s1. The Morgan fingerprint density at radius 1 is 1.24 bits per heavy atom. The Morgan fingerprint density at radius 3 is 2.55 bits per heavy atom. The maximum absolute atomic E-state index is 14.4. The minimum atomic E-state index is -0.492. The third-order valence-electron chi connectivity index (χ3n) is 8.64. The van der Waals surface area contributed by atoms with Crippen molar-refractivity contribution in [1.82, 2.24) is 0 Å². The smallest absolute Gasteiger partial charge is 0.192 e. The molecule has 4 rings (SSSR count). The lowest BCUT2D eigenvalue weighted by molar-refractivity contribution is -0.132. The minimum Gasteiger partial charge on any atom is -0.299 e. The summed E-state index contributed by atoms with van der Waals surface area (Å²) < 4.78 is 14.4. The van der Waals surface area contributed by atoms with E-state index in [0.29, 0.717) is 34.6 Å². The second-order valence-electron chi connectivity index (χ2n) is 9.75. The van der Waals surface area contributed by atoms with Crippen molar-refractivity contribution < 1.29 is 18.8 Å². The van der Waals surface area contributed by atoms with Crippen LogP contribution in [0.15, 0.2) is 34.0 Å². The molecule has 4 aliphatic rings. The lowest BCUT2D eigenvalue weighted by atomic mass is 9.44. The van der Waals surface area contributed by atoms with E-state index in [2.05, 4.69) is 13.8 Å². The Hall–Kier alpha value is -1.49. The number of ketones is 2. The van der Waals surface area contributed by atoms with Crippen molar-refractivity contribution in [3.8, 4) is 0 Å². The number of carbonyl (C=O) groups excluding carboxylic acids is 3. The van der Waals surface area contributed by atoms with Crippen LogP contribution in [0.4, 0.5) is 4.39 Å². The molecule has 0 aromatic rings. The molecule has 6 atom stereocenters. The highest BCUT2D eigenvalue weighted by molar-refractivity contribution is 8.17. The Labute approximate surface area is 176 Å². The quantitative estimate of drug-likeness (QED) is 0.561. The molecule has 0 aromatic carbocycles. The summed E-state index contributed by atoms with van der Waals surface area (Å²) in [6, 6.07) is 0. The number of carbonyl (C=O) groups is 3. The lowest BCUT2D eigenvalue weighted by Gasteiger charge is -2.60. The Balaban J connectivity index is 1.93. The van der Waals surface area contributed by atoms with Crippen molar-refractivity contribution >= 4 is 28.4 Å². The van der Waals surface area contributed by atoms with Crippen LogP contribution in [0.5, 0.6) is 0 Å². The van der Waals surface area contributed by atoms with Gasteiger partial charge in [0.25, 0.3) is 0 Å². The summed E-state index contributed by atoms with van der Waals surface area (Å²) in [6.07, 6.45) is 5.51. The molecule has 0 bridgehead atoms. The molecule has 29 heavy (non-hydrogen) atoms. The third-order valence-corrected chi connectivity index (χ3v) is 9.54. The first-order chi connectivity index (χ1) is 13.6. The number of allylic oxidation sites excluding steroid dienone is 5. The van der Waals surface area contributed by atoms with Gasteiger partial charge in [0.2, 0.25) is 0 Å². The van der Waals surface area contributed by atoms with E-state index in [4.69, 9.17) is 0 Å². The molecule has 3 nitrogen and oxygen atoms in total. The van der Waals surface area contributed by atoms with Gasteiger partial charge in [-0.2, -0.15) is 0 Å². The average molecular weight is 417 g/mol. The van der Waals surface area contributed by atoms with Crippen molar-refractivity contribution in [3.05, 3.63) is 34.0 Å². The van der Waals surface area contributed by atoms with Crippen molar-refractivity contribution in [1.29, 1.82) is 0 Å². The zero-order valence-corrected chi connectivity index (χ0v) is 18.6. The molecule has 0 heterocycles. The third kappa shape index (κ3) is 2.65. The summed E-state index contributed by atoms with van der Waals surface area (Å²) in [7, 11) is 0. The molecule has 3 saturated carbocycles. The number of rotatable bonds is 1. The van der Waals surface area contributed by atoms with E-state index < -0.39 is 5.41 Å². The molecule has 0 amide bonds. The van der Waals surface area contributed by atoms with Gasteiger partial charge in [0, 0.05) is 24.2 Å². The highest BCUT2D eigenvalue weighted by Crippen LogP contribution is 2.68. The number of hydrogen-bond acceptors (Lipinski definition) is 4. The molecular weight excluding hydrogens is 387 g/mol. The SMILES string of the molecule is CC(=O)SC1=C2C(=CF)[C@@H](C)[C@@H]3[C@H](CC[C@]4(C)C(=O)CC[C@@H]34)[C@@]2(C)C(C)=CC1=O. The van der Waals surface area contributed by atoms with E-state index >= 15 is 0 Å². The summed E-state index contributed by atoms with van der Waals surface area (Å²) in [6.45, 7) is 9.67. The zero-order valence-electron chi connectivity index (χ0n) is 17.8. The van der Waals surface area contributed by atoms with Crippen LogP contribution >= 0.6 is 11.8 Å².